The summed E-state index contributed by atoms with van der Waals surface area (Å²) < 4.78 is 5.48. The molecule has 3 aromatic heterocycles. The highest BCUT2D eigenvalue weighted by molar-refractivity contribution is 7.18. The number of aryl methyl sites for hydroxylation is 2. The van der Waals surface area contributed by atoms with Crippen LogP contribution in [0.15, 0.2) is 21.3 Å². The number of H-pyrrole nitrogens is 1. The largest absolute Gasteiger partial charge is 0.456 e. The van der Waals surface area contributed by atoms with Crippen LogP contribution < -0.4 is 5.56 Å². The van der Waals surface area contributed by atoms with Gasteiger partial charge in [-0.2, -0.15) is 0 Å². The average Bonchev–Trinajstić information content (AvgIpc) is 3.35. The Morgan fingerprint density at radius 2 is 2.06 bits per heavy atom. The molecule has 1 saturated heterocycles. The molecule has 2 unspecified atom stereocenters. The molecular weight excluding hydrogens is 412 g/mol. The predicted octanol–water partition coefficient (Wildman–Crippen LogP) is 3.53. The van der Waals surface area contributed by atoms with E-state index in [1.54, 1.807) is 17.4 Å². The van der Waals surface area contributed by atoms with E-state index in [1.807, 2.05) is 17.9 Å². The summed E-state index contributed by atoms with van der Waals surface area (Å²) in [5, 5.41) is 0.798. The minimum absolute atomic E-state index is 0.0131. The molecule has 0 radical (unpaired) electrons. The Labute approximate surface area is 185 Å². The number of carbonyl (C=O) groups is 1. The van der Waals surface area contributed by atoms with E-state index in [-0.39, 0.29) is 17.5 Å². The summed E-state index contributed by atoms with van der Waals surface area (Å²) in [6, 6.07) is 3.53. The maximum Gasteiger partial charge on any atom is 0.289 e. The van der Waals surface area contributed by atoms with Gasteiger partial charge in [-0.25, -0.2) is 4.98 Å². The van der Waals surface area contributed by atoms with Crippen LogP contribution in [0.4, 0.5) is 0 Å². The summed E-state index contributed by atoms with van der Waals surface area (Å²) >= 11 is 1.69. The van der Waals surface area contributed by atoms with Crippen molar-refractivity contribution >= 4 is 27.5 Å². The van der Waals surface area contributed by atoms with Crippen LogP contribution in [0.3, 0.4) is 0 Å². The lowest BCUT2D eigenvalue weighted by Gasteiger charge is -2.37. The molecule has 3 aromatic rings. The summed E-state index contributed by atoms with van der Waals surface area (Å²) in [7, 11) is 0. The molecule has 31 heavy (non-hydrogen) atoms. The third-order valence-electron chi connectivity index (χ3n) is 6.68. The maximum atomic E-state index is 12.9. The first-order valence-electron chi connectivity index (χ1n) is 11.0. The van der Waals surface area contributed by atoms with Gasteiger partial charge in [0.15, 0.2) is 5.76 Å². The van der Waals surface area contributed by atoms with E-state index in [0.29, 0.717) is 30.6 Å². The Morgan fingerprint density at radius 3 is 2.77 bits per heavy atom. The molecule has 1 aliphatic carbocycles. The number of hydrogen-bond acceptors (Lipinski definition) is 6. The lowest BCUT2D eigenvalue weighted by atomic mass is 9.89. The van der Waals surface area contributed by atoms with E-state index in [9.17, 15) is 9.59 Å². The molecule has 2 aliphatic rings. The van der Waals surface area contributed by atoms with Crippen LogP contribution in [0.25, 0.3) is 10.2 Å². The fourth-order valence-corrected chi connectivity index (χ4v) is 6.14. The molecule has 1 fully saturated rings. The van der Waals surface area contributed by atoms with Gasteiger partial charge >= 0.3 is 0 Å². The van der Waals surface area contributed by atoms with Gasteiger partial charge in [0.1, 0.15) is 16.4 Å². The number of nitrogens with one attached hydrogen (secondary N) is 1. The highest BCUT2D eigenvalue weighted by Gasteiger charge is 2.29. The third-order valence-corrected chi connectivity index (χ3v) is 7.83. The second-order valence-corrected chi connectivity index (χ2v) is 9.98. The van der Waals surface area contributed by atoms with E-state index in [2.05, 4.69) is 23.7 Å². The summed E-state index contributed by atoms with van der Waals surface area (Å²) in [5.41, 5.74) is 1.20. The van der Waals surface area contributed by atoms with Gasteiger partial charge in [0.2, 0.25) is 0 Å². The van der Waals surface area contributed by atoms with Gasteiger partial charge in [-0.3, -0.25) is 14.5 Å². The lowest BCUT2D eigenvalue weighted by molar-refractivity contribution is 0.0545. The SMILES string of the molecule is Cc1ccc(C(=O)N2CCN(C(C)c3nc4sc5c(c4c(=O)[nH]3)CCC(C)C5)CC2)o1. The normalized spacial score (nSPS) is 20.7. The second kappa shape index (κ2) is 7.91. The van der Waals surface area contributed by atoms with Crippen LogP contribution >= 0.6 is 11.3 Å². The van der Waals surface area contributed by atoms with Crippen molar-refractivity contribution in [2.75, 3.05) is 26.2 Å². The molecule has 7 nitrogen and oxygen atoms in total. The van der Waals surface area contributed by atoms with Gasteiger partial charge in [-0.15, -0.1) is 11.3 Å². The summed E-state index contributed by atoms with van der Waals surface area (Å²) in [6.07, 6.45) is 3.16. The number of amides is 1. The van der Waals surface area contributed by atoms with Crippen LogP contribution in [0.2, 0.25) is 0 Å². The van der Waals surface area contributed by atoms with Gasteiger partial charge in [0, 0.05) is 31.1 Å². The van der Waals surface area contributed by atoms with Crippen molar-refractivity contribution in [2.24, 2.45) is 5.92 Å². The number of piperazine rings is 1. The minimum atomic E-state index is -0.0632. The topological polar surface area (TPSA) is 82.4 Å². The zero-order chi connectivity index (χ0) is 21.7. The van der Waals surface area contributed by atoms with Gasteiger partial charge < -0.3 is 14.3 Å². The quantitative estimate of drug-likeness (QED) is 0.674. The van der Waals surface area contributed by atoms with Crippen molar-refractivity contribution in [3.63, 3.8) is 0 Å². The Morgan fingerprint density at radius 1 is 1.29 bits per heavy atom. The molecule has 5 rings (SSSR count). The molecule has 2 atom stereocenters. The molecule has 8 heteroatoms. The molecule has 0 spiro atoms. The zero-order valence-corrected chi connectivity index (χ0v) is 19.1. The van der Waals surface area contributed by atoms with Crippen molar-refractivity contribution in [1.29, 1.82) is 0 Å². The molecule has 164 valence electrons. The first kappa shape index (κ1) is 20.5. The van der Waals surface area contributed by atoms with E-state index in [4.69, 9.17) is 9.40 Å². The first-order chi connectivity index (χ1) is 14.9. The molecule has 1 aliphatic heterocycles. The van der Waals surface area contributed by atoms with Crippen molar-refractivity contribution in [2.45, 2.75) is 46.1 Å². The van der Waals surface area contributed by atoms with Crippen molar-refractivity contribution in [3.05, 3.63) is 50.3 Å². The number of carbonyl (C=O) groups excluding carboxylic acids is 1. The van der Waals surface area contributed by atoms with E-state index in [0.717, 1.165) is 48.3 Å². The molecule has 4 heterocycles. The Bertz CT molecular complexity index is 1190. The van der Waals surface area contributed by atoms with Crippen LogP contribution in [-0.4, -0.2) is 51.9 Å². The fourth-order valence-electron chi connectivity index (χ4n) is 4.75. The van der Waals surface area contributed by atoms with Crippen LogP contribution in [0.5, 0.6) is 0 Å². The monoisotopic (exact) mass is 440 g/mol. The summed E-state index contributed by atoms with van der Waals surface area (Å²) in [5.74, 6) is 2.46. The van der Waals surface area contributed by atoms with Crippen molar-refractivity contribution in [1.82, 2.24) is 19.8 Å². The lowest BCUT2D eigenvalue weighted by Crippen LogP contribution is -2.49. The first-order valence-corrected chi connectivity index (χ1v) is 11.9. The van der Waals surface area contributed by atoms with Gasteiger partial charge in [0.25, 0.3) is 11.5 Å². The van der Waals surface area contributed by atoms with Crippen LogP contribution in [0, 0.1) is 12.8 Å². The van der Waals surface area contributed by atoms with E-state index in [1.165, 1.54) is 10.4 Å². The average molecular weight is 441 g/mol. The number of aromatic nitrogens is 2. The second-order valence-electron chi connectivity index (χ2n) is 8.90. The standard InChI is InChI=1S/C23H28N4O3S/c1-13-4-6-16-18(12-13)31-22-19(16)21(28)24-20(25-22)15(3)26-8-10-27(11-9-26)23(29)17-7-5-14(2)30-17/h5,7,13,15H,4,6,8-12H2,1-3H3,(H,24,25,28). The smallest absolute Gasteiger partial charge is 0.289 e. The number of furan rings is 1. The summed E-state index contributed by atoms with van der Waals surface area (Å²) in [6.45, 7) is 8.90. The van der Waals surface area contributed by atoms with Crippen molar-refractivity contribution in [3.8, 4) is 0 Å². The minimum Gasteiger partial charge on any atom is -0.456 e. The third kappa shape index (κ3) is 3.72. The van der Waals surface area contributed by atoms with Gasteiger partial charge in [-0.05, 0) is 56.7 Å². The molecule has 0 saturated carbocycles. The molecule has 0 bridgehead atoms. The fraction of sp³-hybridized carbons (Fsp3) is 0.522. The van der Waals surface area contributed by atoms with Gasteiger partial charge in [-0.1, -0.05) is 6.92 Å². The Hall–Kier alpha value is -2.45. The highest BCUT2D eigenvalue weighted by atomic mass is 32.1. The number of thiophene rings is 1. The molecule has 1 N–H and O–H groups in total. The summed E-state index contributed by atoms with van der Waals surface area (Å²) in [4.78, 5) is 39.8. The van der Waals surface area contributed by atoms with E-state index < -0.39 is 0 Å². The van der Waals surface area contributed by atoms with Crippen LogP contribution in [0.1, 0.15) is 58.9 Å². The molecular formula is C23H28N4O3S. The van der Waals surface area contributed by atoms with E-state index >= 15 is 0 Å². The Kier molecular flexibility index (Phi) is 5.22. The van der Waals surface area contributed by atoms with Crippen LogP contribution in [-0.2, 0) is 12.8 Å². The number of fused-ring (bicyclic) bond motifs is 3. The predicted molar refractivity (Wildman–Crippen MR) is 121 cm³/mol. The Balaban J connectivity index is 1.32. The zero-order valence-electron chi connectivity index (χ0n) is 18.2. The number of nitrogens with zero attached hydrogens (tertiary/aromatic N) is 3. The molecule has 1 amide bonds. The van der Waals surface area contributed by atoms with Gasteiger partial charge in [0.05, 0.1) is 11.4 Å². The molecule has 0 aromatic carbocycles. The maximum absolute atomic E-state index is 12.9. The van der Waals surface area contributed by atoms with Crippen molar-refractivity contribution < 1.29 is 9.21 Å². The number of aromatic amines is 1. The number of hydrogen-bond donors (Lipinski definition) is 1. The number of rotatable bonds is 3. The highest BCUT2D eigenvalue weighted by Crippen LogP contribution is 2.36.